The van der Waals surface area contributed by atoms with Crippen LogP contribution in [0.25, 0.3) is 0 Å². The molecule has 3 aromatic rings. The first-order chi connectivity index (χ1) is 14.5. The maximum atomic E-state index is 12.7. The number of aryl methyl sites for hydroxylation is 1. The molecule has 6 nitrogen and oxygen atoms in total. The van der Waals surface area contributed by atoms with Gasteiger partial charge in [-0.2, -0.15) is 5.26 Å². The Balaban J connectivity index is 2.00. The van der Waals surface area contributed by atoms with Gasteiger partial charge in [0.25, 0.3) is 5.56 Å². The number of aromatic nitrogens is 1. The third kappa shape index (κ3) is 4.37. The van der Waals surface area contributed by atoms with Crippen molar-refractivity contribution in [1.82, 2.24) is 4.57 Å². The maximum Gasteiger partial charge on any atom is 0.271 e. The molecule has 0 saturated heterocycles. The van der Waals surface area contributed by atoms with Gasteiger partial charge in [0.1, 0.15) is 17.4 Å². The number of hydrogen-bond donors (Lipinski definition) is 1. The first-order valence-corrected chi connectivity index (χ1v) is 9.62. The molecule has 2 aromatic carbocycles. The summed E-state index contributed by atoms with van der Waals surface area (Å²) in [5, 5.41) is 20.7. The Bertz CT molecular complexity index is 1200. The maximum absolute atomic E-state index is 12.7. The molecule has 0 spiro atoms. The molecule has 0 fully saturated rings. The Kier molecular flexibility index (Phi) is 6.55. The molecule has 7 heteroatoms. The second-order valence-corrected chi connectivity index (χ2v) is 7.03. The number of nitriles is 1. The number of methoxy groups -OCH3 is 1. The fourth-order valence-electron chi connectivity index (χ4n) is 3.09. The Morgan fingerprint density at radius 1 is 1.27 bits per heavy atom. The summed E-state index contributed by atoms with van der Waals surface area (Å²) in [6.07, 6.45) is 1.97. The number of hydrogen-bond acceptors (Lipinski definition) is 5. The predicted molar refractivity (Wildman–Crippen MR) is 117 cm³/mol. The Hall–Kier alpha value is -3.56. The predicted octanol–water partition coefficient (Wildman–Crippen LogP) is 4.39. The quantitative estimate of drug-likeness (QED) is 0.598. The van der Waals surface area contributed by atoms with E-state index >= 15 is 0 Å². The van der Waals surface area contributed by atoms with Crippen molar-refractivity contribution in [3.05, 3.63) is 86.2 Å². The van der Waals surface area contributed by atoms with E-state index in [-0.39, 0.29) is 18.0 Å². The minimum atomic E-state index is -0.520. The highest BCUT2D eigenvalue weighted by Crippen LogP contribution is 2.29. The van der Waals surface area contributed by atoms with E-state index in [9.17, 15) is 15.2 Å². The van der Waals surface area contributed by atoms with Crippen LogP contribution in [0, 0.1) is 18.3 Å². The molecule has 3 rings (SSSR count). The van der Waals surface area contributed by atoms with Crippen molar-refractivity contribution >= 4 is 23.5 Å². The van der Waals surface area contributed by atoms with Gasteiger partial charge < -0.3 is 9.84 Å². The zero-order chi connectivity index (χ0) is 21.7. The summed E-state index contributed by atoms with van der Waals surface area (Å²) in [4.78, 5) is 17.1. The van der Waals surface area contributed by atoms with Gasteiger partial charge in [-0.3, -0.25) is 14.4 Å². The standard InChI is InChI=1S/C23H20ClN3O3/c1-15-18(13-25)22(28)27(11-10-16-6-4-3-5-7-16)23(29)19(15)14-26-17-8-9-21(30-2)20(24)12-17/h3-9,12,14,29H,10-11H2,1-2H3. The van der Waals surface area contributed by atoms with Crippen molar-refractivity contribution in [3.8, 4) is 17.7 Å². The largest absolute Gasteiger partial charge is 0.495 e. The van der Waals surface area contributed by atoms with Crippen molar-refractivity contribution in [1.29, 1.82) is 5.26 Å². The number of benzene rings is 2. The third-order valence-electron chi connectivity index (χ3n) is 4.79. The molecule has 0 aliphatic heterocycles. The summed E-state index contributed by atoms with van der Waals surface area (Å²) in [5.41, 5.74) is 1.71. The van der Waals surface area contributed by atoms with Crippen molar-refractivity contribution < 1.29 is 9.84 Å². The highest BCUT2D eigenvalue weighted by Gasteiger charge is 2.18. The van der Waals surface area contributed by atoms with Crippen molar-refractivity contribution in [2.45, 2.75) is 19.9 Å². The minimum absolute atomic E-state index is 0.0184. The number of nitrogens with zero attached hydrogens (tertiary/aromatic N) is 3. The van der Waals surface area contributed by atoms with Gasteiger partial charge in [-0.15, -0.1) is 0 Å². The molecule has 0 radical (unpaired) electrons. The topological polar surface area (TPSA) is 87.6 Å². The summed E-state index contributed by atoms with van der Waals surface area (Å²) in [7, 11) is 1.52. The lowest BCUT2D eigenvalue weighted by Crippen LogP contribution is -2.26. The zero-order valence-corrected chi connectivity index (χ0v) is 17.3. The molecule has 0 amide bonds. The summed E-state index contributed by atoms with van der Waals surface area (Å²) in [6.45, 7) is 1.85. The number of aromatic hydroxyl groups is 1. The Labute approximate surface area is 179 Å². The fourth-order valence-corrected chi connectivity index (χ4v) is 3.35. The molecule has 0 unspecified atom stereocenters. The molecule has 0 atom stereocenters. The van der Waals surface area contributed by atoms with E-state index in [1.54, 1.807) is 25.1 Å². The molecular formula is C23H20ClN3O3. The summed E-state index contributed by atoms with van der Waals surface area (Å²) < 4.78 is 6.33. The lowest BCUT2D eigenvalue weighted by molar-refractivity contribution is 0.404. The Morgan fingerprint density at radius 3 is 2.63 bits per heavy atom. The minimum Gasteiger partial charge on any atom is -0.495 e. The van der Waals surface area contributed by atoms with Crippen LogP contribution >= 0.6 is 11.6 Å². The van der Waals surface area contributed by atoms with E-state index in [4.69, 9.17) is 16.3 Å². The molecule has 1 aromatic heterocycles. The van der Waals surface area contributed by atoms with Crippen molar-refractivity contribution in [2.75, 3.05) is 7.11 Å². The van der Waals surface area contributed by atoms with Gasteiger partial charge in [-0.05, 0) is 42.7 Å². The van der Waals surface area contributed by atoms with Crippen molar-refractivity contribution in [2.24, 2.45) is 4.99 Å². The van der Waals surface area contributed by atoms with Crippen molar-refractivity contribution in [3.63, 3.8) is 0 Å². The monoisotopic (exact) mass is 421 g/mol. The van der Waals surface area contributed by atoms with Crippen LogP contribution in [0.2, 0.25) is 5.02 Å². The van der Waals surface area contributed by atoms with E-state index in [1.165, 1.54) is 17.9 Å². The van der Waals surface area contributed by atoms with Crippen LogP contribution in [0.4, 0.5) is 5.69 Å². The summed E-state index contributed by atoms with van der Waals surface area (Å²) in [6, 6.07) is 16.6. The van der Waals surface area contributed by atoms with Gasteiger partial charge in [-0.1, -0.05) is 41.9 Å². The molecule has 0 aliphatic carbocycles. The molecule has 0 aliphatic rings. The van der Waals surface area contributed by atoms with E-state index in [0.717, 1.165) is 5.56 Å². The molecule has 1 N–H and O–H groups in total. The molecule has 30 heavy (non-hydrogen) atoms. The average Bonchev–Trinajstić information content (AvgIpc) is 2.74. The van der Waals surface area contributed by atoms with E-state index in [0.29, 0.717) is 34.0 Å². The normalized spacial score (nSPS) is 10.9. The van der Waals surface area contributed by atoms with Gasteiger partial charge in [-0.25, -0.2) is 0 Å². The molecule has 152 valence electrons. The fraction of sp³-hybridized carbons (Fsp3) is 0.174. The Morgan fingerprint density at radius 2 is 2.00 bits per heavy atom. The van der Waals surface area contributed by atoms with Gasteiger partial charge in [0.2, 0.25) is 5.88 Å². The second-order valence-electron chi connectivity index (χ2n) is 6.62. The van der Waals surface area contributed by atoms with Crippen LogP contribution in [-0.2, 0) is 13.0 Å². The van der Waals surface area contributed by atoms with Crippen LogP contribution in [0.1, 0.15) is 22.3 Å². The van der Waals surface area contributed by atoms with Crippen LogP contribution < -0.4 is 10.3 Å². The van der Waals surface area contributed by atoms with Crippen LogP contribution in [0.5, 0.6) is 11.6 Å². The number of rotatable bonds is 6. The number of halogens is 1. The van der Waals surface area contributed by atoms with E-state index < -0.39 is 5.56 Å². The van der Waals surface area contributed by atoms with Gasteiger partial charge in [0.05, 0.1) is 23.4 Å². The average molecular weight is 422 g/mol. The zero-order valence-electron chi connectivity index (χ0n) is 16.6. The lowest BCUT2D eigenvalue weighted by Gasteiger charge is -2.14. The highest BCUT2D eigenvalue weighted by atomic mass is 35.5. The van der Waals surface area contributed by atoms with Crippen LogP contribution in [0.15, 0.2) is 58.3 Å². The molecule has 0 bridgehead atoms. The number of pyridine rings is 1. The van der Waals surface area contributed by atoms with E-state index in [2.05, 4.69) is 4.99 Å². The smallest absolute Gasteiger partial charge is 0.271 e. The lowest BCUT2D eigenvalue weighted by atomic mass is 10.1. The first-order valence-electron chi connectivity index (χ1n) is 9.24. The van der Waals surface area contributed by atoms with Gasteiger partial charge >= 0.3 is 0 Å². The molecule has 0 saturated carbocycles. The summed E-state index contributed by atoms with van der Waals surface area (Å²) in [5.74, 6) is 0.298. The van der Waals surface area contributed by atoms with Crippen LogP contribution in [0.3, 0.4) is 0 Å². The number of aliphatic imine (C=N–C) groups is 1. The molecule has 1 heterocycles. The third-order valence-corrected chi connectivity index (χ3v) is 5.09. The molecular weight excluding hydrogens is 402 g/mol. The highest BCUT2D eigenvalue weighted by molar-refractivity contribution is 6.32. The van der Waals surface area contributed by atoms with Crippen LogP contribution in [-0.4, -0.2) is 23.0 Å². The number of ether oxygens (including phenoxy) is 1. The van der Waals surface area contributed by atoms with Gasteiger partial charge in [0, 0.05) is 12.8 Å². The van der Waals surface area contributed by atoms with E-state index in [1.807, 2.05) is 36.4 Å². The SMILES string of the molecule is COc1ccc(N=Cc2c(C)c(C#N)c(=O)n(CCc3ccccc3)c2O)cc1Cl. The summed E-state index contributed by atoms with van der Waals surface area (Å²) >= 11 is 6.13. The first kappa shape index (κ1) is 21.2. The second kappa shape index (κ2) is 9.29. The van der Waals surface area contributed by atoms with Gasteiger partial charge in [0.15, 0.2) is 0 Å².